The summed E-state index contributed by atoms with van der Waals surface area (Å²) in [5.74, 6) is 0. The monoisotopic (exact) mass is 368 g/mol. The summed E-state index contributed by atoms with van der Waals surface area (Å²) in [6.07, 6.45) is 2.16. The Balaban J connectivity index is 2.01. The van der Waals surface area contributed by atoms with Crippen molar-refractivity contribution in [2.45, 2.75) is 6.04 Å². The Morgan fingerprint density at radius 2 is 1.70 bits per heavy atom. The third kappa shape index (κ3) is 3.14. The molecular formula is C24H17ClN2. The Morgan fingerprint density at radius 1 is 0.963 bits per heavy atom. The first-order valence-corrected chi connectivity index (χ1v) is 9.06. The number of hydrogen-bond donors (Lipinski definition) is 0. The molecule has 3 aromatic rings. The predicted molar refractivity (Wildman–Crippen MR) is 112 cm³/mol. The Kier molecular flexibility index (Phi) is 4.54. The topological polar surface area (TPSA) is 27.0 Å². The molecule has 0 bridgehead atoms. The molecule has 0 fully saturated rings. The van der Waals surface area contributed by atoms with Gasteiger partial charge in [-0.15, -0.1) is 0 Å². The lowest BCUT2D eigenvalue weighted by Gasteiger charge is -2.39. The largest absolute Gasteiger partial charge is 0.328 e. The lowest BCUT2D eigenvalue weighted by atomic mass is 9.88. The van der Waals surface area contributed by atoms with Crippen LogP contribution >= 0.6 is 11.6 Å². The van der Waals surface area contributed by atoms with Gasteiger partial charge in [-0.25, -0.2) is 0 Å². The molecule has 27 heavy (non-hydrogen) atoms. The average molecular weight is 369 g/mol. The molecule has 0 aliphatic carbocycles. The number of nitrogens with zero attached hydrogens (tertiary/aromatic N) is 2. The van der Waals surface area contributed by atoms with E-state index in [4.69, 9.17) is 11.6 Å². The number of hydrogen-bond acceptors (Lipinski definition) is 2. The first kappa shape index (κ1) is 17.1. The van der Waals surface area contributed by atoms with Gasteiger partial charge in [0.25, 0.3) is 0 Å². The molecule has 0 saturated carbocycles. The molecule has 2 nitrogen and oxygen atoms in total. The van der Waals surface area contributed by atoms with E-state index in [1.807, 2.05) is 54.6 Å². The lowest BCUT2D eigenvalue weighted by Crippen LogP contribution is -2.31. The Labute approximate surface area is 164 Å². The molecule has 0 N–H and O–H groups in total. The van der Waals surface area contributed by atoms with Crippen molar-refractivity contribution >= 4 is 29.1 Å². The minimum absolute atomic E-state index is 0.287. The van der Waals surface area contributed by atoms with Crippen molar-refractivity contribution in [3.05, 3.63) is 113 Å². The van der Waals surface area contributed by atoms with Crippen molar-refractivity contribution < 1.29 is 0 Å². The van der Waals surface area contributed by atoms with Crippen LogP contribution in [0.5, 0.6) is 0 Å². The average Bonchev–Trinajstić information content (AvgIpc) is 2.72. The van der Waals surface area contributed by atoms with Gasteiger partial charge >= 0.3 is 0 Å². The SMILES string of the molecule is C=C(C#N)C1c2ccccc2C=C(c2ccccc2)N1c1cccc(Cl)c1. The van der Waals surface area contributed by atoms with E-state index in [0.29, 0.717) is 10.6 Å². The second-order valence-corrected chi connectivity index (χ2v) is 6.85. The molecule has 4 rings (SSSR count). The van der Waals surface area contributed by atoms with E-state index >= 15 is 0 Å². The van der Waals surface area contributed by atoms with Crippen LogP contribution in [0.3, 0.4) is 0 Å². The van der Waals surface area contributed by atoms with Crippen LogP contribution in [0, 0.1) is 11.3 Å². The molecule has 130 valence electrons. The molecule has 3 heteroatoms. The van der Waals surface area contributed by atoms with Gasteiger partial charge in [0.05, 0.1) is 12.1 Å². The van der Waals surface area contributed by atoms with E-state index in [1.54, 1.807) is 0 Å². The molecule has 0 amide bonds. The van der Waals surface area contributed by atoms with Crippen LogP contribution in [0.1, 0.15) is 22.7 Å². The molecule has 0 saturated heterocycles. The first-order chi connectivity index (χ1) is 13.2. The maximum absolute atomic E-state index is 9.67. The highest BCUT2D eigenvalue weighted by atomic mass is 35.5. The van der Waals surface area contributed by atoms with Crippen LogP contribution < -0.4 is 4.90 Å². The second-order valence-electron chi connectivity index (χ2n) is 6.41. The lowest BCUT2D eigenvalue weighted by molar-refractivity contribution is 0.821. The molecular weight excluding hydrogens is 352 g/mol. The number of rotatable bonds is 3. The Morgan fingerprint density at radius 3 is 2.44 bits per heavy atom. The second kappa shape index (κ2) is 7.15. The zero-order valence-corrected chi connectivity index (χ0v) is 15.4. The van der Waals surface area contributed by atoms with Crippen LogP contribution in [0.4, 0.5) is 5.69 Å². The normalized spacial score (nSPS) is 15.5. The molecule has 0 radical (unpaired) electrons. The summed E-state index contributed by atoms with van der Waals surface area (Å²) in [5.41, 5.74) is 5.65. The smallest absolute Gasteiger partial charge is 0.0966 e. The zero-order chi connectivity index (χ0) is 18.8. The van der Waals surface area contributed by atoms with E-state index in [-0.39, 0.29) is 6.04 Å². The molecule has 0 aromatic heterocycles. The van der Waals surface area contributed by atoms with Crippen LogP contribution in [-0.4, -0.2) is 0 Å². The summed E-state index contributed by atoms with van der Waals surface area (Å²) in [7, 11) is 0. The van der Waals surface area contributed by atoms with E-state index < -0.39 is 0 Å². The van der Waals surface area contributed by atoms with Gasteiger partial charge in [-0.3, -0.25) is 0 Å². The quantitative estimate of drug-likeness (QED) is 0.495. The van der Waals surface area contributed by atoms with Crippen LogP contribution in [0.2, 0.25) is 5.02 Å². The van der Waals surface area contributed by atoms with E-state index in [2.05, 4.69) is 47.9 Å². The summed E-state index contributed by atoms with van der Waals surface area (Å²) in [6.45, 7) is 4.06. The number of benzene rings is 3. The number of nitriles is 1. The molecule has 1 aliphatic rings. The van der Waals surface area contributed by atoms with Crippen LogP contribution in [-0.2, 0) is 0 Å². The van der Waals surface area contributed by atoms with Gasteiger partial charge in [0.15, 0.2) is 0 Å². The fourth-order valence-electron chi connectivity index (χ4n) is 3.54. The molecule has 1 heterocycles. The van der Waals surface area contributed by atoms with Gasteiger partial charge in [0.1, 0.15) is 0 Å². The number of halogens is 1. The minimum Gasteiger partial charge on any atom is -0.328 e. The highest BCUT2D eigenvalue weighted by molar-refractivity contribution is 6.30. The third-order valence-corrected chi connectivity index (χ3v) is 4.97. The highest BCUT2D eigenvalue weighted by Gasteiger charge is 2.32. The summed E-state index contributed by atoms with van der Waals surface area (Å²) in [4.78, 5) is 2.15. The van der Waals surface area contributed by atoms with Gasteiger partial charge in [0, 0.05) is 22.0 Å². The van der Waals surface area contributed by atoms with Crippen LogP contribution in [0.25, 0.3) is 11.8 Å². The third-order valence-electron chi connectivity index (χ3n) is 4.73. The fourth-order valence-corrected chi connectivity index (χ4v) is 3.72. The highest BCUT2D eigenvalue weighted by Crippen LogP contribution is 2.44. The van der Waals surface area contributed by atoms with Gasteiger partial charge in [0.2, 0.25) is 0 Å². The van der Waals surface area contributed by atoms with E-state index in [0.717, 1.165) is 28.1 Å². The summed E-state index contributed by atoms with van der Waals surface area (Å²) in [6, 6.07) is 28.0. The number of anilines is 1. The maximum atomic E-state index is 9.67. The summed E-state index contributed by atoms with van der Waals surface area (Å²) < 4.78 is 0. The molecule has 0 spiro atoms. The Hall–Kier alpha value is -3.28. The molecule has 1 aliphatic heterocycles. The van der Waals surface area contributed by atoms with Crippen molar-refractivity contribution in [3.8, 4) is 6.07 Å². The van der Waals surface area contributed by atoms with Crippen LogP contribution in [0.15, 0.2) is 91.0 Å². The predicted octanol–water partition coefficient (Wildman–Crippen LogP) is 6.48. The first-order valence-electron chi connectivity index (χ1n) is 8.69. The van der Waals surface area contributed by atoms with Gasteiger partial charge in [-0.1, -0.05) is 78.8 Å². The number of fused-ring (bicyclic) bond motifs is 1. The Bertz CT molecular complexity index is 1080. The standard InChI is InChI=1S/C24H17ClN2/c1-17(16-26)24-22-13-6-5-10-19(22)14-23(18-8-3-2-4-9-18)27(24)21-12-7-11-20(25)15-21/h2-15,24H,1H2. The maximum Gasteiger partial charge on any atom is 0.0966 e. The van der Waals surface area contributed by atoms with Crippen molar-refractivity contribution in [3.63, 3.8) is 0 Å². The van der Waals surface area contributed by atoms with Gasteiger partial charge in [-0.2, -0.15) is 5.26 Å². The van der Waals surface area contributed by atoms with E-state index in [1.165, 1.54) is 0 Å². The van der Waals surface area contributed by atoms with Gasteiger partial charge < -0.3 is 4.90 Å². The summed E-state index contributed by atoms with van der Waals surface area (Å²) >= 11 is 6.29. The van der Waals surface area contributed by atoms with Gasteiger partial charge in [-0.05, 0) is 41.0 Å². The zero-order valence-electron chi connectivity index (χ0n) is 14.6. The molecule has 1 atom stereocenters. The summed E-state index contributed by atoms with van der Waals surface area (Å²) in [5, 5.41) is 10.3. The fraction of sp³-hybridized carbons (Fsp3) is 0.0417. The van der Waals surface area contributed by atoms with Crippen molar-refractivity contribution in [2.24, 2.45) is 0 Å². The van der Waals surface area contributed by atoms with E-state index in [9.17, 15) is 5.26 Å². The van der Waals surface area contributed by atoms with Crippen molar-refractivity contribution in [2.75, 3.05) is 4.90 Å². The molecule has 1 unspecified atom stereocenters. The van der Waals surface area contributed by atoms with Crippen molar-refractivity contribution in [1.29, 1.82) is 5.26 Å². The molecule has 3 aromatic carbocycles. The van der Waals surface area contributed by atoms with Crippen molar-refractivity contribution in [1.82, 2.24) is 0 Å². The minimum atomic E-state index is -0.287.